The van der Waals surface area contributed by atoms with Gasteiger partial charge in [-0.2, -0.15) is 11.4 Å². The molecular weight excluding hydrogens is 513 g/mol. The average molecular weight is 534 g/mol. The van der Waals surface area contributed by atoms with Crippen LogP contribution in [0.3, 0.4) is 0 Å². The second kappa shape index (κ2) is 10.5. The first-order chi connectivity index (χ1) is 12.8. The summed E-state index contributed by atoms with van der Waals surface area (Å²) in [6.45, 7) is 0. The molecule has 0 fully saturated rings. The smallest absolute Gasteiger partial charge is 0.0595 e. The fraction of sp³-hybridized carbons (Fsp3) is 0.0870. The van der Waals surface area contributed by atoms with Gasteiger partial charge in [0.1, 0.15) is 0 Å². The maximum Gasteiger partial charge on any atom is 0.0595 e. The van der Waals surface area contributed by atoms with Gasteiger partial charge in [0.05, 0.1) is 5.52 Å². The topological polar surface area (TPSA) is 41.1 Å². The first-order valence-electron chi connectivity index (χ1n) is 8.43. The van der Waals surface area contributed by atoms with Gasteiger partial charge in [-0.15, -0.1) is 50.0 Å². The van der Waals surface area contributed by atoms with Crippen LogP contribution in [0.2, 0.25) is 0 Å². The van der Waals surface area contributed by atoms with Crippen LogP contribution < -0.4 is 0 Å². The molecule has 0 spiro atoms. The minimum atomic E-state index is 0. The number of pyridine rings is 1. The van der Waals surface area contributed by atoms with Crippen LogP contribution in [0.1, 0.15) is 0 Å². The number of fused-ring (bicyclic) bond motifs is 1. The number of hydrogen-bond acceptors (Lipinski definition) is 1. The van der Waals surface area contributed by atoms with Crippen molar-refractivity contribution in [1.29, 1.82) is 0 Å². The van der Waals surface area contributed by atoms with E-state index in [9.17, 15) is 0 Å². The molecule has 0 aliphatic rings. The van der Waals surface area contributed by atoms with Gasteiger partial charge in [0.15, 0.2) is 0 Å². The molecule has 0 radical (unpaired) electrons. The molecule has 4 heteroatoms. The molecule has 1 aromatic heterocycles. The standard InChI is InChI=1S/C15H10N.C8H10N2.Pt/c1-2-6-12(7-3-1)15-11-10-13-8-4-5-9-14(13)16-15;1-9-7-5-3-4-6-8(7)10-2;/h1-6,8-11H;3-6H,1-2H3;/q-1;-2;. The van der Waals surface area contributed by atoms with Gasteiger partial charge in [0, 0.05) is 21.1 Å². The van der Waals surface area contributed by atoms with Crippen LogP contribution in [0.25, 0.3) is 32.8 Å². The summed E-state index contributed by atoms with van der Waals surface area (Å²) in [6, 6.07) is 31.2. The summed E-state index contributed by atoms with van der Waals surface area (Å²) in [5.74, 6) is 0. The van der Waals surface area contributed by atoms with Crippen LogP contribution in [0.4, 0.5) is 11.4 Å². The monoisotopic (exact) mass is 533 g/mol. The molecule has 3 aromatic carbocycles. The zero-order valence-corrected chi connectivity index (χ0v) is 17.5. The summed E-state index contributed by atoms with van der Waals surface area (Å²) >= 11 is 0. The molecule has 0 bridgehead atoms. The summed E-state index contributed by atoms with van der Waals surface area (Å²) in [6.07, 6.45) is 0. The first kappa shape index (κ1) is 20.7. The zero-order valence-electron chi connectivity index (χ0n) is 15.2. The van der Waals surface area contributed by atoms with Gasteiger partial charge in [-0.05, 0) is 17.1 Å². The predicted molar refractivity (Wildman–Crippen MR) is 110 cm³/mol. The minimum absolute atomic E-state index is 0. The first-order valence-corrected chi connectivity index (χ1v) is 8.43. The number of nitrogens with zero attached hydrogens (tertiary/aromatic N) is 3. The summed E-state index contributed by atoms with van der Waals surface area (Å²) in [5.41, 5.74) is 4.93. The van der Waals surface area contributed by atoms with E-state index in [1.54, 1.807) is 14.1 Å². The number of para-hydroxylation sites is 3. The van der Waals surface area contributed by atoms with Crippen molar-refractivity contribution in [3.8, 4) is 11.3 Å². The number of aromatic nitrogens is 1. The van der Waals surface area contributed by atoms with Crippen molar-refractivity contribution in [1.82, 2.24) is 4.98 Å². The molecule has 0 aliphatic carbocycles. The van der Waals surface area contributed by atoms with Crippen molar-refractivity contribution in [2.45, 2.75) is 0 Å². The van der Waals surface area contributed by atoms with Crippen LogP contribution >= 0.6 is 0 Å². The average Bonchev–Trinajstić information content (AvgIpc) is 2.74. The summed E-state index contributed by atoms with van der Waals surface area (Å²) in [5, 5.41) is 9.26. The molecule has 0 saturated heterocycles. The van der Waals surface area contributed by atoms with Crippen molar-refractivity contribution < 1.29 is 21.1 Å². The van der Waals surface area contributed by atoms with Gasteiger partial charge < -0.3 is 10.6 Å². The Bertz CT molecular complexity index is 948. The van der Waals surface area contributed by atoms with Crippen LogP contribution in [0.5, 0.6) is 0 Å². The summed E-state index contributed by atoms with van der Waals surface area (Å²) in [4.78, 5) is 4.61. The Balaban J connectivity index is 0.000000208. The summed E-state index contributed by atoms with van der Waals surface area (Å²) in [7, 11) is 3.54. The van der Waals surface area contributed by atoms with E-state index in [0.29, 0.717) is 0 Å². The van der Waals surface area contributed by atoms with Crippen molar-refractivity contribution in [3.63, 3.8) is 0 Å². The van der Waals surface area contributed by atoms with E-state index in [2.05, 4.69) is 33.8 Å². The largest absolute Gasteiger partial charge is 0.688 e. The van der Waals surface area contributed by atoms with Gasteiger partial charge in [0.2, 0.25) is 0 Å². The van der Waals surface area contributed by atoms with E-state index >= 15 is 0 Å². The molecule has 0 unspecified atom stereocenters. The second-order valence-corrected chi connectivity index (χ2v) is 5.60. The van der Waals surface area contributed by atoms with Gasteiger partial charge in [-0.1, -0.05) is 54.6 Å². The molecule has 0 saturated carbocycles. The SMILES string of the molecule is C[N-]c1ccccc1[N-]C.[Pt].[c-]1ccccc1-c1ccc2ccccc2n1. The van der Waals surface area contributed by atoms with Gasteiger partial charge in [0.25, 0.3) is 0 Å². The van der Waals surface area contributed by atoms with E-state index in [4.69, 9.17) is 0 Å². The van der Waals surface area contributed by atoms with Crippen molar-refractivity contribution >= 4 is 22.3 Å². The van der Waals surface area contributed by atoms with Crippen LogP contribution in [0.15, 0.2) is 84.9 Å². The molecule has 1 heterocycles. The Morgan fingerprint density at radius 1 is 0.704 bits per heavy atom. The third kappa shape index (κ3) is 5.42. The number of benzene rings is 3. The fourth-order valence-corrected chi connectivity index (χ4v) is 2.61. The molecule has 4 rings (SSSR count). The van der Waals surface area contributed by atoms with Gasteiger partial charge >= 0.3 is 0 Å². The van der Waals surface area contributed by atoms with Crippen LogP contribution in [-0.2, 0) is 21.1 Å². The van der Waals surface area contributed by atoms with Crippen LogP contribution in [-0.4, -0.2) is 19.1 Å². The second-order valence-electron chi connectivity index (χ2n) is 5.60. The number of hydrogen-bond donors (Lipinski definition) is 0. The van der Waals surface area contributed by atoms with E-state index < -0.39 is 0 Å². The Labute approximate surface area is 175 Å². The van der Waals surface area contributed by atoms with Gasteiger partial charge in [-0.25, -0.2) is 0 Å². The molecule has 3 nitrogen and oxygen atoms in total. The normalized spacial score (nSPS) is 9.56. The van der Waals surface area contributed by atoms with Crippen LogP contribution in [0, 0.1) is 6.07 Å². The maximum absolute atomic E-state index is 4.61. The van der Waals surface area contributed by atoms with Crippen molar-refractivity contribution in [3.05, 3.63) is 102 Å². The minimum Gasteiger partial charge on any atom is -0.688 e. The van der Waals surface area contributed by atoms with E-state index in [0.717, 1.165) is 28.1 Å². The molecule has 27 heavy (non-hydrogen) atoms. The van der Waals surface area contributed by atoms with E-state index in [-0.39, 0.29) is 21.1 Å². The van der Waals surface area contributed by atoms with E-state index in [1.165, 1.54) is 5.39 Å². The van der Waals surface area contributed by atoms with Crippen molar-refractivity contribution in [2.24, 2.45) is 0 Å². The third-order valence-electron chi connectivity index (χ3n) is 3.95. The molecule has 4 aromatic rings. The molecule has 0 atom stereocenters. The Hall–Kier alpha value is -2.64. The zero-order chi connectivity index (χ0) is 18.2. The van der Waals surface area contributed by atoms with E-state index in [1.807, 2.05) is 72.8 Å². The molecular formula is C23H20N3Pt-3. The Kier molecular flexibility index (Phi) is 8.03. The summed E-state index contributed by atoms with van der Waals surface area (Å²) < 4.78 is 0. The quantitative estimate of drug-likeness (QED) is 0.272. The fourth-order valence-electron chi connectivity index (χ4n) is 2.61. The third-order valence-corrected chi connectivity index (χ3v) is 3.95. The molecule has 0 N–H and O–H groups in total. The number of rotatable bonds is 3. The maximum atomic E-state index is 4.61. The molecule has 140 valence electrons. The predicted octanol–water partition coefficient (Wildman–Crippen LogP) is 6.66. The van der Waals surface area contributed by atoms with Crippen molar-refractivity contribution in [2.75, 3.05) is 14.1 Å². The molecule has 0 amide bonds. The van der Waals surface area contributed by atoms with Gasteiger partial charge in [-0.3, -0.25) is 4.98 Å². The Morgan fingerprint density at radius 3 is 1.96 bits per heavy atom. The molecule has 0 aliphatic heterocycles. The Morgan fingerprint density at radius 2 is 1.33 bits per heavy atom.